The molecule has 0 unspecified atom stereocenters. The topological polar surface area (TPSA) is 59.7 Å². The molecule has 0 aliphatic carbocycles. The van der Waals surface area contributed by atoms with Crippen LogP contribution in [0.3, 0.4) is 0 Å². The van der Waals surface area contributed by atoms with E-state index in [4.69, 9.17) is 4.74 Å². The largest absolute Gasteiger partial charge is 0.490 e. The Morgan fingerprint density at radius 1 is 1.23 bits per heavy atom. The Morgan fingerprint density at radius 3 is 2.69 bits per heavy atom. The van der Waals surface area contributed by atoms with Gasteiger partial charge in [0, 0.05) is 31.7 Å². The van der Waals surface area contributed by atoms with Gasteiger partial charge in [-0.3, -0.25) is 14.2 Å². The predicted octanol–water partition coefficient (Wildman–Crippen LogP) is 3.14. The van der Waals surface area contributed by atoms with Crippen molar-refractivity contribution >= 4 is 11.6 Å². The molecular formula is C20H24N4O2. The van der Waals surface area contributed by atoms with E-state index in [0.29, 0.717) is 42.5 Å². The summed E-state index contributed by atoms with van der Waals surface area (Å²) in [5.41, 5.74) is 3.16. The van der Waals surface area contributed by atoms with Crippen molar-refractivity contribution in [1.29, 1.82) is 0 Å². The zero-order valence-corrected chi connectivity index (χ0v) is 15.5. The number of amides is 1. The first-order valence-electron chi connectivity index (χ1n) is 8.94. The highest BCUT2D eigenvalue weighted by Gasteiger charge is 2.22. The normalized spacial score (nSPS) is 10.9. The fourth-order valence-electron chi connectivity index (χ4n) is 3.05. The van der Waals surface area contributed by atoms with Gasteiger partial charge in [-0.1, -0.05) is 0 Å². The third kappa shape index (κ3) is 3.54. The fourth-order valence-corrected chi connectivity index (χ4v) is 3.05. The molecule has 0 saturated heterocycles. The van der Waals surface area contributed by atoms with Gasteiger partial charge in [-0.25, -0.2) is 4.98 Å². The molecule has 3 rings (SSSR count). The van der Waals surface area contributed by atoms with Gasteiger partial charge in [-0.05, 0) is 57.0 Å². The van der Waals surface area contributed by atoms with Gasteiger partial charge in [-0.2, -0.15) is 0 Å². The lowest BCUT2D eigenvalue weighted by atomic mass is 10.2. The number of aromatic nitrogens is 3. The number of rotatable bonds is 7. The van der Waals surface area contributed by atoms with E-state index < -0.39 is 0 Å². The van der Waals surface area contributed by atoms with E-state index in [1.807, 2.05) is 60.5 Å². The molecule has 0 aliphatic rings. The van der Waals surface area contributed by atoms with Crippen LogP contribution in [-0.2, 0) is 6.42 Å². The number of imidazole rings is 1. The van der Waals surface area contributed by atoms with Crippen molar-refractivity contribution in [3.8, 4) is 5.75 Å². The van der Waals surface area contributed by atoms with E-state index in [1.54, 1.807) is 12.4 Å². The van der Waals surface area contributed by atoms with Gasteiger partial charge in [0.1, 0.15) is 5.69 Å². The maximum atomic E-state index is 13.2. The van der Waals surface area contributed by atoms with Crippen LogP contribution >= 0.6 is 0 Å². The van der Waals surface area contributed by atoms with Gasteiger partial charge >= 0.3 is 0 Å². The quantitative estimate of drug-likeness (QED) is 0.655. The maximum absolute atomic E-state index is 13.2. The highest BCUT2D eigenvalue weighted by atomic mass is 16.5. The van der Waals surface area contributed by atoms with Crippen LogP contribution in [-0.4, -0.2) is 44.9 Å². The SMILES string of the molecule is CCOc1cccn2c(C(=O)N(CC)CCc3ccncc3)c(C)nc12. The number of hydrogen-bond donors (Lipinski definition) is 0. The molecule has 0 bridgehead atoms. The zero-order valence-electron chi connectivity index (χ0n) is 15.5. The Bertz CT molecular complexity index is 889. The minimum atomic E-state index is -0.0137. The Kier molecular flexibility index (Phi) is 5.51. The number of aryl methyl sites for hydroxylation is 1. The summed E-state index contributed by atoms with van der Waals surface area (Å²) in [6.07, 6.45) is 6.21. The molecule has 1 amide bonds. The summed E-state index contributed by atoms with van der Waals surface area (Å²) in [7, 11) is 0. The minimum absolute atomic E-state index is 0.0137. The lowest BCUT2D eigenvalue weighted by Crippen LogP contribution is -2.34. The van der Waals surface area contributed by atoms with Crippen LogP contribution in [0.25, 0.3) is 5.65 Å². The van der Waals surface area contributed by atoms with Gasteiger partial charge in [-0.15, -0.1) is 0 Å². The van der Waals surface area contributed by atoms with Gasteiger partial charge in [0.25, 0.3) is 5.91 Å². The molecule has 136 valence electrons. The number of nitrogens with zero attached hydrogens (tertiary/aromatic N) is 4. The van der Waals surface area contributed by atoms with E-state index in [0.717, 1.165) is 6.42 Å². The number of pyridine rings is 2. The number of likely N-dealkylation sites (N-methyl/N-ethyl adjacent to an activating group) is 1. The van der Waals surface area contributed by atoms with Crippen molar-refractivity contribution in [2.45, 2.75) is 27.2 Å². The van der Waals surface area contributed by atoms with Crippen molar-refractivity contribution in [2.75, 3.05) is 19.7 Å². The second-order valence-electron chi connectivity index (χ2n) is 6.04. The molecule has 0 radical (unpaired) electrons. The van der Waals surface area contributed by atoms with E-state index in [1.165, 1.54) is 5.56 Å². The van der Waals surface area contributed by atoms with Crippen molar-refractivity contribution in [3.05, 3.63) is 59.8 Å². The molecule has 0 aliphatic heterocycles. The Balaban J connectivity index is 1.88. The smallest absolute Gasteiger partial charge is 0.272 e. The van der Waals surface area contributed by atoms with Crippen LogP contribution < -0.4 is 4.74 Å². The lowest BCUT2D eigenvalue weighted by Gasteiger charge is -2.21. The second-order valence-corrected chi connectivity index (χ2v) is 6.04. The molecule has 0 spiro atoms. The molecule has 3 heterocycles. The van der Waals surface area contributed by atoms with Crippen LogP contribution in [0.1, 0.15) is 35.6 Å². The third-order valence-electron chi connectivity index (χ3n) is 4.38. The number of hydrogen-bond acceptors (Lipinski definition) is 4. The summed E-state index contributed by atoms with van der Waals surface area (Å²) in [5, 5.41) is 0. The molecule has 0 atom stereocenters. The average Bonchev–Trinajstić information content (AvgIpc) is 3.00. The van der Waals surface area contributed by atoms with E-state index in [9.17, 15) is 4.79 Å². The molecule has 26 heavy (non-hydrogen) atoms. The molecule has 0 fully saturated rings. The summed E-state index contributed by atoms with van der Waals surface area (Å²) < 4.78 is 7.48. The van der Waals surface area contributed by atoms with Crippen molar-refractivity contribution in [1.82, 2.24) is 19.3 Å². The first-order valence-corrected chi connectivity index (χ1v) is 8.94. The van der Waals surface area contributed by atoms with E-state index in [-0.39, 0.29) is 5.91 Å². The third-order valence-corrected chi connectivity index (χ3v) is 4.38. The van der Waals surface area contributed by atoms with Crippen LogP contribution in [0, 0.1) is 6.92 Å². The first-order chi connectivity index (χ1) is 12.7. The lowest BCUT2D eigenvalue weighted by molar-refractivity contribution is 0.0758. The number of carbonyl (C=O) groups excluding carboxylic acids is 1. The van der Waals surface area contributed by atoms with Crippen LogP contribution in [0.5, 0.6) is 5.75 Å². The highest BCUT2D eigenvalue weighted by molar-refractivity contribution is 5.95. The molecular weight excluding hydrogens is 328 g/mol. The second kappa shape index (κ2) is 7.99. The van der Waals surface area contributed by atoms with E-state index in [2.05, 4.69) is 9.97 Å². The Labute approximate surface area is 153 Å². The molecule has 0 saturated carbocycles. The van der Waals surface area contributed by atoms with Gasteiger partial charge < -0.3 is 9.64 Å². The molecule has 3 aromatic rings. The zero-order chi connectivity index (χ0) is 18.5. The van der Waals surface area contributed by atoms with Gasteiger partial charge in [0.15, 0.2) is 11.4 Å². The summed E-state index contributed by atoms with van der Waals surface area (Å²) in [4.78, 5) is 23.6. The Morgan fingerprint density at radius 2 is 2.00 bits per heavy atom. The van der Waals surface area contributed by atoms with Crippen molar-refractivity contribution in [3.63, 3.8) is 0 Å². The summed E-state index contributed by atoms with van der Waals surface area (Å²) in [6, 6.07) is 7.71. The number of fused-ring (bicyclic) bond motifs is 1. The minimum Gasteiger partial charge on any atom is -0.490 e. The van der Waals surface area contributed by atoms with Crippen molar-refractivity contribution in [2.24, 2.45) is 0 Å². The summed E-state index contributed by atoms with van der Waals surface area (Å²) in [5.74, 6) is 0.678. The number of carbonyl (C=O) groups is 1. The fraction of sp³-hybridized carbons (Fsp3) is 0.350. The van der Waals surface area contributed by atoms with Crippen molar-refractivity contribution < 1.29 is 9.53 Å². The molecule has 0 N–H and O–H groups in total. The summed E-state index contributed by atoms with van der Waals surface area (Å²) >= 11 is 0. The van der Waals surface area contributed by atoms with Crippen LogP contribution in [0.2, 0.25) is 0 Å². The molecule has 0 aromatic carbocycles. The van der Waals surface area contributed by atoms with Gasteiger partial charge in [0.2, 0.25) is 0 Å². The van der Waals surface area contributed by atoms with Crippen LogP contribution in [0.15, 0.2) is 42.9 Å². The molecule has 6 heteroatoms. The van der Waals surface area contributed by atoms with Gasteiger partial charge in [0.05, 0.1) is 12.3 Å². The Hall–Kier alpha value is -2.89. The average molecular weight is 352 g/mol. The first kappa shape index (κ1) is 17.9. The standard InChI is InChI=1S/C20H24N4O2/c1-4-23(14-10-16-8-11-21-12-9-16)20(25)18-15(3)22-19-17(26-5-2)7-6-13-24(18)19/h6-9,11-13H,4-5,10,14H2,1-3H3. The van der Waals surface area contributed by atoms with E-state index >= 15 is 0 Å². The maximum Gasteiger partial charge on any atom is 0.272 e. The number of ether oxygens (including phenoxy) is 1. The highest BCUT2D eigenvalue weighted by Crippen LogP contribution is 2.23. The monoisotopic (exact) mass is 352 g/mol. The summed E-state index contributed by atoms with van der Waals surface area (Å²) in [6.45, 7) is 7.64. The molecule has 6 nitrogen and oxygen atoms in total. The predicted molar refractivity (Wildman–Crippen MR) is 101 cm³/mol. The molecule has 3 aromatic heterocycles. The van der Waals surface area contributed by atoms with Crippen LogP contribution in [0.4, 0.5) is 0 Å².